The molecule has 0 saturated heterocycles. The van der Waals surface area contributed by atoms with Gasteiger partial charge in [0.05, 0.1) is 17.7 Å². The maximum absolute atomic E-state index is 12.0. The predicted molar refractivity (Wildman–Crippen MR) is 82.7 cm³/mol. The number of amides is 1. The predicted octanol–water partition coefficient (Wildman–Crippen LogP) is 4.17. The van der Waals surface area contributed by atoms with E-state index in [0.29, 0.717) is 11.5 Å². The van der Waals surface area contributed by atoms with E-state index in [2.05, 4.69) is 25.2 Å². The van der Waals surface area contributed by atoms with Crippen LogP contribution in [0.25, 0.3) is 0 Å². The van der Waals surface area contributed by atoms with Crippen LogP contribution in [0.2, 0.25) is 0 Å². The molecular weight excluding hydrogens is 264 g/mol. The summed E-state index contributed by atoms with van der Waals surface area (Å²) in [4.78, 5) is 12.0. The highest BCUT2D eigenvalue weighted by Gasteiger charge is 2.21. The molecule has 1 aromatic carbocycles. The summed E-state index contributed by atoms with van der Waals surface area (Å²) in [5, 5.41) is 11.8. The van der Waals surface area contributed by atoms with Crippen molar-refractivity contribution in [2.24, 2.45) is 5.92 Å². The Kier molecular flexibility index (Phi) is 5.78. The molecule has 1 amide bonds. The topological polar surface area (TPSA) is 62.1 Å². The number of alkyl carbamates (subject to hydrolysis) is 1. The van der Waals surface area contributed by atoms with E-state index in [1.54, 1.807) is 12.1 Å². The molecule has 114 valence electrons. The second kappa shape index (κ2) is 7.12. The van der Waals surface area contributed by atoms with Crippen LogP contribution >= 0.6 is 0 Å². The number of hydrogen-bond acceptors (Lipinski definition) is 3. The number of carbonyl (C=O) groups is 1. The molecule has 1 atom stereocenters. The molecule has 0 aliphatic heterocycles. The minimum atomic E-state index is -0.517. The van der Waals surface area contributed by atoms with E-state index in [1.807, 2.05) is 32.9 Å². The van der Waals surface area contributed by atoms with E-state index in [-0.39, 0.29) is 6.04 Å². The monoisotopic (exact) mass is 288 g/mol. The summed E-state index contributed by atoms with van der Waals surface area (Å²) < 4.78 is 5.31. The highest BCUT2D eigenvalue weighted by atomic mass is 16.6. The van der Waals surface area contributed by atoms with E-state index in [0.717, 1.165) is 12.0 Å². The molecule has 21 heavy (non-hydrogen) atoms. The summed E-state index contributed by atoms with van der Waals surface area (Å²) in [5.74, 6) is 0.431. The van der Waals surface area contributed by atoms with Crippen molar-refractivity contribution in [1.29, 1.82) is 5.26 Å². The number of nitrogens with one attached hydrogen (secondary N) is 1. The number of nitrogens with zero attached hydrogens (tertiary/aromatic N) is 1. The molecule has 1 rings (SSSR count). The average molecular weight is 288 g/mol. The van der Waals surface area contributed by atoms with Gasteiger partial charge >= 0.3 is 6.09 Å². The molecule has 1 aromatic rings. The molecule has 0 aliphatic carbocycles. The van der Waals surface area contributed by atoms with Crippen LogP contribution in [0.1, 0.15) is 58.2 Å². The Morgan fingerprint density at radius 3 is 2.29 bits per heavy atom. The van der Waals surface area contributed by atoms with Crippen LogP contribution in [0, 0.1) is 17.2 Å². The first-order valence-electron chi connectivity index (χ1n) is 7.21. The number of rotatable bonds is 4. The molecular formula is C17H24N2O2. The summed E-state index contributed by atoms with van der Waals surface area (Å²) in [7, 11) is 0. The summed E-state index contributed by atoms with van der Waals surface area (Å²) >= 11 is 0. The van der Waals surface area contributed by atoms with E-state index >= 15 is 0 Å². The first kappa shape index (κ1) is 17.0. The largest absolute Gasteiger partial charge is 0.444 e. The van der Waals surface area contributed by atoms with E-state index in [1.165, 1.54) is 0 Å². The standard InChI is InChI=1S/C17H24N2O2/c1-12(2)10-15(19-16(20)21-17(3,4)5)14-8-6-13(11-18)7-9-14/h6-9,12,15H,10H2,1-5H3,(H,19,20)/t15-/m1/s1. The Morgan fingerprint density at radius 1 is 1.29 bits per heavy atom. The fraction of sp³-hybridized carbons (Fsp3) is 0.529. The third kappa shape index (κ3) is 6.31. The molecule has 4 nitrogen and oxygen atoms in total. The van der Waals surface area contributed by atoms with Gasteiger partial charge in [0.15, 0.2) is 0 Å². The zero-order valence-electron chi connectivity index (χ0n) is 13.4. The average Bonchev–Trinajstić information content (AvgIpc) is 2.35. The van der Waals surface area contributed by atoms with Crippen molar-refractivity contribution in [2.75, 3.05) is 0 Å². The number of nitriles is 1. The SMILES string of the molecule is CC(C)C[C@@H](NC(=O)OC(C)(C)C)c1ccc(C#N)cc1. The van der Waals surface area contributed by atoms with Crippen LogP contribution in [0.4, 0.5) is 4.79 Å². The molecule has 0 spiro atoms. The summed E-state index contributed by atoms with van der Waals surface area (Å²) in [6.07, 6.45) is 0.392. The van der Waals surface area contributed by atoms with Crippen LogP contribution in [0.3, 0.4) is 0 Å². The van der Waals surface area contributed by atoms with Crippen molar-refractivity contribution in [2.45, 2.75) is 52.7 Å². The number of carbonyl (C=O) groups excluding carboxylic acids is 1. The molecule has 4 heteroatoms. The van der Waals surface area contributed by atoms with Gasteiger partial charge in [-0.05, 0) is 50.8 Å². The van der Waals surface area contributed by atoms with Gasteiger partial charge in [-0.2, -0.15) is 5.26 Å². The molecule has 0 heterocycles. The highest BCUT2D eigenvalue weighted by molar-refractivity contribution is 5.68. The van der Waals surface area contributed by atoms with Gasteiger partial charge < -0.3 is 10.1 Å². The minimum Gasteiger partial charge on any atom is -0.444 e. The molecule has 0 bridgehead atoms. The molecule has 0 saturated carbocycles. The summed E-state index contributed by atoms with van der Waals surface area (Å²) in [5.41, 5.74) is 1.07. The van der Waals surface area contributed by atoms with Crippen LogP contribution in [0.5, 0.6) is 0 Å². The van der Waals surface area contributed by atoms with Crippen LogP contribution in [0.15, 0.2) is 24.3 Å². The van der Waals surface area contributed by atoms with Crippen molar-refractivity contribution in [3.63, 3.8) is 0 Å². The van der Waals surface area contributed by atoms with Gasteiger partial charge in [0.2, 0.25) is 0 Å². The van der Waals surface area contributed by atoms with Gasteiger partial charge in [0.25, 0.3) is 0 Å². The van der Waals surface area contributed by atoms with Crippen LogP contribution in [-0.4, -0.2) is 11.7 Å². The van der Waals surface area contributed by atoms with Gasteiger partial charge in [-0.3, -0.25) is 0 Å². The third-order valence-electron chi connectivity index (χ3n) is 2.84. The van der Waals surface area contributed by atoms with Crippen molar-refractivity contribution in [3.8, 4) is 6.07 Å². The Balaban J connectivity index is 2.85. The second-order valence-corrected chi connectivity index (χ2v) is 6.56. The van der Waals surface area contributed by atoms with Crippen molar-refractivity contribution < 1.29 is 9.53 Å². The molecule has 0 fully saturated rings. The zero-order chi connectivity index (χ0) is 16.0. The number of hydrogen-bond donors (Lipinski definition) is 1. The van der Waals surface area contributed by atoms with Gasteiger partial charge in [0.1, 0.15) is 5.60 Å². The summed E-state index contributed by atoms with van der Waals surface area (Å²) in [6, 6.07) is 9.26. The van der Waals surface area contributed by atoms with Crippen molar-refractivity contribution >= 4 is 6.09 Å². The fourth-order valence-electron chi connectivity index (χ4n) is 1.99. The Bertz CT molecular complexity index is 507. The normalized spacial score (nSPS) is 12.6. The van der Waals surface area contributed by atoms with Gasteiger partial charge in [-0.15, -0.1) is 0 Å². The van der Waals surface area contributed by atoms with Crippen molar-refractivity contribution in [3.05, 3.63) is 35.4 Å². The lowest BCUT2D eigenvalue weighted by Crippen LogP contribution is -2.35. The van der Waals surface area contributed by atoms with Crippen molar-refractivity contribution in [1.82, 2.24) is 5.32 Å². The number of benzene rings is 1. The summed E-state index contributed by atoms with van der Waals surface area (Å²) in [6.45, 7) is 9.73. The van der Waals surface area contributed by atoms with Gasteiger partial charge in [0, 0.05) is 0 Å². The molecule has 0 unspecified atom stereocenters. The molecule has 0 aromatic heterocycles. The van der Waals surface area contributed by atoms with Gasteiger partial charge in [-0.25, -0.2) is 4.79 Å². The fourth-order valence-corrected chi connectivity index (χ4v) is 1.99. The van der Waals surface area contributed by atoms with Crippen LogP contribution in [-0.2, 0) is 4.74 Å². The van der Waals surface area contributed by atoms with Gasteiger partial charge in [-0.1, -0.05) is 26.0 Å². The molecule has 0 aliphatic rings. The third-order valence-corrected chi connectivity index (χ3v) is 2.84. The van der Waals surface area contributed by atoms with Crippen LogP contribution < -0.4 is 5.32 Å². The molecule has 1 N–H and O–H groups in total. The quantitative estimate of drug-likeness (QED) is 0.904. The Labute approximate surface area is 127 Å². The minimum absolute atomic E-state index is 0.118. The van der Waals surface area contributed by atoms with E-state index in [9.17, 15) is 4.79 Å². The maximum atomic E-state index is 12.0. The molecule has 0 radical (unpaired) electrons. The highest BCUT2D eigenvalue weighted by Crippen LogP contribution is 2.22. The second-order valence-electron chi connectivity index (χ2n) is 6.56. The lowest BCUT2D eigenvalue weighted by molar-refractivity contribution is 0.0498. The Morgan fingerprint density at radius 2 is 1.86 bits per heavy atom. The zero-order valence-corrected chi connectivity index (χ0v) is 13.4. The lowest BCUT2D eigenvalue weighted by Gasteiger charge is -2.25. The van der Waals surface area contributed by atoms with E-state index < -0.39 is 11.7 Å². The first-order chi connectivity index (χ1) is 9.71. The lowest BCUT2D eigenvalue weighted by atomic mass is 9.96. The Hall–Kier alpha value is -2.02. The smallest absolute Gasteiger partial charge is 0.408 e. The maximum Gasteiger partial charge on any atom is 0.408 e. The first-order valence-corrected chi connectivity index (χ1v) is 7.21. The number of ether oxygens (including phenoxy) is 1. The van der Waals surface area contributed by atoms with E-state index in [4.69, 9.17) is 10.00 Å².